The number of rotatable bonds is 6. The third kappa shape index (κ3) is 5.22. The van der Waals surface area contributed by atoms with Crippen molar-refractivity contribution < 1.29 is 9.18 Å². The molecule has 1 fully saturated rings. The zero-order chi connectivity index (χ0) is 24.2. The molecular formula is C27H25FN4O2S. The number of fused-ring (bicyclic) bond motifs is 1. The molecule has 0 spiro atoms. The molecule has 0 bridgehead atoms. The van der Waals surface area contributed by atoms with Crippen molar-refractivity contribution in [2.75, 3.05) is 36.8 Å². The molecule has 0 radical (unpaired) electrons. The Morgan fingerprint density at radius 2 is 1.57 bits per heavy atom. The molecule has 6 nitrogen and oxygen atoms in total. The molecule has 0 aliphatic carbocycles. The van der Waals surface area contributed by atoms with Crippen LogP contribution in [0.5, 0.6) is 0 Å². The molecule has 1 aliphatic heterocycles. The van der Waals surface area contributed by atoms with Gasteiger partial charge in [-0.2, -0.15) is 0 Å². The smallest absolute Gasteiger partial charge is 0.262 e. The van der Waals surface area contributed by atoms with Crippen molar-refractivity contribution in [1.29, 1.82) is 0 Å². The molecule has 1 amide bonds. The van der Waals surface area contributed by atoms with Crippen molar-refractivity contribution in [1.82, 2.24) is 14.5 Å². The van der Waals surface area contributed by atoms with Gasteiger partial charge in [0.1, 0.15) is 5.82 Å². The summed E-state index contributed by atoms with van der Waals surface area (Å²) in [6.07, 6.45) is 0. The number of hydrogen-bond acceptors (Lipinski definition) is 5. The molecule has 0 N–H and O–H groups in total. The van der Waals surface area contributed by atoms with Crippen LogP contribution in [0.1, 0.15) is 5.56 Å². The number of nitrogens with zero attached hydrogens (tertiary/aromatic N) is 4. The van der Waals surface area contributed by atoms with Gasteiger partial charge in [0.2, 0.25) is 5.91 Å². The Balaban J connectivity index is 1.31. The third-order valence-electron chi connectivity index (χ3n) is 6.16. The van der Waals surface area contributed by atoms with Gasteiger partial charge in [-0.05, 0) is 42.0 Å². The van der Waals surface area contributed by atoms with Crippen LogP contribution in [0.3, 0.4) is 0 Å². The monoisotopic (exact) mass is 488 g/mol. The first-order valence-electron chi connectivity index (χ1n) is 11.5. The van der Waals surface area contributed by atoms with E-state index in [1.54, 1.807) is 34.9 Å². The molecule has 1 aliphatic rings. The average Bonchev–Trinajstić information content (AvgIpc) is 2.91. The number of carbonyl (C=O) groups is 1. The van der Waals surface area contributed by atoms with Crippen LogP contribution in [-0.4, -0.2) is 52.3 Å². The zero-order valence-electron chi connectivity index (χ0n) is 19.1. The molecule has 35 heavy (non-hydrogen) atoms. The van der Waals surface area contributed by atoms with Crippen LogP contribution in [-0.2, 0) is 11.3 Å². The summed E-state index contributed by atoms with van der Waals surface area (Å²) in [6.45, 7) is 3.13. The van der Waals surface area contributed by atoms with E-state index in [9.17, 15) is 14.0 Å². The second kappa shape index (κ2) is 10.3. The number of aromatic nitrogens is 2. The SMILES string of the molecule is O=C(CSc1nc2ccccc2c(=O)n1Cc1ccc(F)cc1)N1CCN(c2ccccc2)CC1. The number of carbonyl (C=O) groups excluding carboxylic acids is 1. The van der Waals surface area contributed by atoms with Gasteiger partial charge in [0, 0.05) is 31.9 Å². The zero-order valence-corrected chi connectivity index (χ0v) is 20.0. The van der Waals surface area contributed by atoms with Gasteiger partial charge in [0.15, 0.2) is 5.16 Å². The Morgan fingerprint density at radius 1 is 0.886 bits per heavy atom. The maximum Gasteiger partial charge on any atom is 0.262 e. The number of para-hydroxylation sites is 2. The van der Waals surface area contributed by atoms with E-state index in [-0.39, 0.29) is 29.6 Å². The Bertz CT molecular complexity index is 1380. The van der Waals surface area contributed by atoms with E-state index in [1.807, 2.05) is 29.2 Å². The summed E-state index contributed by atoms with van der Waals surface area (Å²) in [4.78, 5) is 35.1. The maximum atomic E-state index is 13.4. The van der Waals surface area contributed by atoms with E-state index < -0.39 is 0 Å². The molecule has 3 aromatic carbocycles. The minimum absolute atomic E-state index is 0.0263. The normalized spacial score (nSPS) is 13.9. The molecule has 0 unspecified atom stereocenters. The highest BCUT2D eigenvalue weighted by atomic mass is 32.2. The van der Waals surface area contributed by atoms with E-state index in [2.05, 4.69) is 17.0 Å². The topological polar surface area (TPSA) is 58.4 Å². The summed E-state index contributed by atoms with van der Waals surface area (Å²) in [5.41, 5.74) is 2.38. The summed E-state index contributed by atoms with van der Waals surface area (Å²) in [6, 6.07) is 23.5. The van der Waals surface area contributed by atoms with Crippen molar-refractivity contribution in [2.24, 2.45) is 0 Å². The number of benzene rings is 3. The van der Waals surface area contributed by atoms with E-state index >= 15 is 0 Å². The molecule has 5 rings (SSSR count). The van der Waals surface area contributed by atoms with Gasteiger partial charge >= 0.3 is 0 Å². The standard InChI is InChI=1S/C27H25FN4O2S/c28-21-12-10-20(11-13-21)18-32-26(34)23-8-4-5-9-24(23)29-27(32)35-19-25(33)31-16-14-30(15-17-31)22-6-2-1-3-7-22/h1-13H,14-19H2. The maximum absolute atomic E-state index is 13.4. The number of thioether (sulfide) groups is 1. The number of halogens is 1. The van der Waals surface area contributed by atoms with Crippen molar-refractivity contribution in [3.05, 3.63) is 101 Å². The molecule has 4 aromatic rings. The Morgan fingerprint density at radius 3 is 2.31 bits per heavy atom. The second-order valence-corrected chi connectivity index (χ2v) is 9.36. The van der Waals surface area contributed by atoms with Crippen molar-refractivity contribution in [3.8, 4) is 0 Å². The van der Waals surface area contributed by atoms with Gasteiger partial charge in [-0.25, -0.2) is 9.37 Å². The van der Waals surface area contributed by atoms with Gasteiger partial charge in [-0.1, -0.05) is 54.2 Å². The minimum atomic E-state index is -0.328. The van der Waals surface area contributed by atoms with Crippen LogP contribution in [0.25, 0.3) is 10.9 Å². The minimum Gasteiger partial charge on any atom is -0.368 e. The van der Waals surface area contributed by atoms with Crippen molar-refractivity contribution in [3.63, 3.8) is 0 Å². The quantitative estimate of drug-likeness (QED) is 0.303. The van der Waals surface area contributed by atoms with Crippen LogP contribution in [0.2, 0.25) is 0 Å². The number of amides is 1. The summed E-state index contributed by atoms with van der Waals surface area (Å²) in [7, 11) is 0. The second-order valence-electron chi connectivity index (χ2n) is 8.42. The largest absolute Gasteiger partial charge is 0.368 e. The Kier molecular flexibility index (Phi) is 6.81. The first kappa shape index (κ1) is 23.1. The molecule has 1 aromatic heterocycles. The predicted molar refractivity (Wildman–Crippen MR) is 137 cm³/mol. The van der Waals surface area contributed by atoms with E-state index in [0.717, 1.165) is 18.7 Å². The van der Waals surface area contributed by atoms with Crippen LogP contribution in [0.15, 0.2) is 88.8 Å². The van der Waals surface area contributed by atoms with Gasteiger partial charge in [0.05, 0.1) is 23.2 Å². The number of piperazine rings is 1. The summed E-state index contributed by atoms with van der Waals surface area (Å²) < 4.78 is 14.9. The van der Waals surface area contributed by atoms with Gasteiger partial charge in [-0.3, -0.25) is 14.2 Å². The molecule has 8 heteroatoms. The van der Waals surface area contributed by atoms with E-state index in [4.69, 9.17) is 4.98 Å². The summed E-state index contributed by atoms with van der Waals surface area (Å²) in [5.74, 6) is -0.108. The van der Waals surface area contributed by atoms with Crippen LogP contribution in [0, 0.1) is 5.82 Å². The van der Waals surface area contributed by atoms with Crippen molar-refractivity contribution in [2.45, 2.75) is 11.7 Å². The average molecular weight is 489 g/mol. The Hall–Kier alpha value is -3.65. The van der Waals surface area contributed by atoms with E-state index in [0.29, 0.717) is 29.1 Å². The first-order chi connectivity index (χ1) is 17.1. The fraction of sp³-hybridized carbons (Fsp3) is 0.222. The fourth-order valence-corrected chi connectivity index (χ4v) is 5.14. The van der Waals surface area contributed by atoms with Crippen LogP contribution >= 0.6 is 11.8 Å². The molecular weight excluding hydrogens is 463 g/mol. The lowest BCUT2D eigenvalue weighted by Crippen LogP contribution is -2.49. The summed E-state index contributed by atoms with van der Waals surface area (Å²) in [5, 5.41) is 0.997. The van der Waals surface area contributed by atoms with Crippen molar-refractivity contribution >= 4 is 34.3 Å². The molecule has 2 heterocycles. The Labute approximate surface area is 207 Å². The first-order valence-corrected chi connectivity index (χ1v) is 12.5. The van der Waals surface area contributed by atoms with Gasteiger partial charge in [0.25, 0.3) is 5.56 Å². The van der Waals surface area contributed by atoms with E-state index in [1.165, 1.54) is 29.6 Å². The van der Waals surface area contributed by atoms with Crippen LogP contribution < -0.4 is 10.5 Å². The number of hydrogen-bond donors (Lipinski definition) is 0. The van der Waals surface area contributed by atoms with Gasteiger partial charge < -0.3 is 9.80 Å². The molecule has 1 saturated heterocycles. The predicted octanol–water partition coefficient (Wildman–Crippen LogP) is 4.02. The molecule has 0 saturated carbocycles. The third-order valence-corrected chi connectivity index (χ3v) is 7.12. The highest BCUT2D eigenvalue weighted by Gasteiger charge is 2.22. The fourth-order valence-electron chi connectivity index (χ4n) is 4.24. The van der Waals surface area contributed by atoms with Gasteiger partial charge in [-0.15, -0.1) is 0 Å². The molecule has 178 valence electrons. The lowest BCUT2D eigenvalue weighted by molar-refractivity contribution is -0.128. The molecule has 0 atom stereocenters. The summed E-state index contributed by atoms with van der Waals surface area (Å²) >= 11 is 1.27. The van der Waals surface area contributed by atoms with Crippen LogP contribution in [0.4, 0.5) is 10.1 Å². The highest BCUT2D eigenvalue weighted by molar-refractivity contribution is 7.99. The number of anilines is 1. The lowest BCUT2D eigenvalue weighted by Gasteiger charge is -2.36. The highest BCUT2D eigenvalue weighted by Crippen LogP contribution is 2.21. The lowest BCUT2D eigenvalue weighted by atomic mass is 10.2.